The molecule has 2 amide bonds. The van der Waals surface area contributed by atoms with Gasteiger partial charge in [0.05, 0.1) is 0 Å². The van der Waals surface area contributed by atoms with Gasteiger partial charge in [-0.2, -0.15) is 0 Å². The number of urea groups is 1. The van der Waals surface area contributed by atoms with Crippen molar-refractivity contribution < 1.29 is 9.59 Å². The van der Waals surface area contributed by atoms with Crippen LogP contribution in [0.3, 0.4) is 0 Å². The van der Waals surface area contributed by atoms with Crippen LogP contribution in [0.15, 0.2) is 72.4 Å². The van der Waals surface area contributed by atoms with E-state index in [1.165, 1.54) is 0 Å². The van der Waals surface area contributed by atoms with Crippen LogP contribution < -0.4 is 5.32 Å². The lowest BCUT2D eigenvalue weighted by Crippen LogP contribution is -2.34. The summed E-state index contributed by atoms with van der Waals surface area (Å²) >= 11 is 0. The van der Waals surface area contributed by atoms with Gasteiger partial charge in [-0.3, -0.25) is 4.79 Å². The molecule has 0 unspecified atom stereocenters. The van der Waals surface area contributed by atoms with Gasteiger partial charge < -0.3 is 10.2 Å². The molecule has 3 rings (SSSR count). The summed E-state index contributed by atoms with van der Waals surface area (Å²) in [6.07, 6.45) is 3.16. The summed E-state index contributed by atoms with van der Waals surface area (Å²) in [6, 6.07) is 18.2. The first-order valence-electron chi connectivity index (χ1n) is 7.67. The molecule has 23 heavy (non-hydrogen) atoms. The van der Waals surface area contributed by atoms with Crippen LogP contribution in [0.2, 0.25) is 0 Å². The zero-order chi connectivity index (χ0) is 16.1. The van der Waals surface area contributed by atoms with Crippen LogP contribution in [-0.4, -0.2) is 23.3 Å². The van der Waals surface area contributed by atoms with E-state index in [9.17, 15) is 9.59 Å². The first kappa shape index (κ1) is 15.0. The smallest absolute Gasteiger partial charge is 0.308 e. The van der Waals surface area contributed by atoms with Crippen molar-refractivity contribution in [3.8, 4) is 0 Å². The van der Waals surface area contributed by atoms with E-state index in [1.54, 1.807) is 23.2 Å². The number of benzene rings is 2. The standard InChI is InChI=1S/C19H18N2O2/c22-18(15-8-3-1-4-9-15)16-10-7-13-21(14-16)19(23)20-17-11-5-2-6-12-17/h1-6,8-9,11-12,14H,7,10,13H2,(H,20,23). The van der Waals surface area contributed by atoms with Gasteiger partial charge in [0.1, 0.15) is 0 Å². The molecule has 0 aliphatic carbocycles. The number of carbonyl (C=O) groups is 2. The fourth-order valence-corrected chi connectivity index (χ4v) is 2.58. The molecule has 0 saturated carbocycles. The maximum absolute atomic E-state index is 12.5. The van der Waals surface area contributed by atoms with Gasteiger partial charge in [0.15, 0.2) is 5.78 Å². The molecule has 116 valence electrons. The quantitative estimate of drug-likeness (QED) is 0.869. The Kier molecular flexibility index (Phi) is 4.52. The third-order valence-corrected chi connectivity index (χ3v) is 3.77. The Morgan fingerprint density at radius 1 is 0.913 bits per heavy atom. The Bertz CT molecular complexity index is 724. The molecule has 2 aromatic rings. The van der Waals surface area contributed by atoms with Crippen LogP contribution in [0.25, 0.3) is 0 Å². The number of hydrogen-bond acceptors (Lipinski definition) is 2. The predicted octanol–water partition coefficient (Wildman–Crippen LogP) is 4.08. The highest BCUT2D eigenvalue weighted by atomic mass is 16.2. The normalized spacial score (nSPS) is 14.1. The molecule has 0 bridgehead atoms. The number of Topliss-reactive ketones (excluding diaryl/α,β-unsaturated/α-hetero) is 1. The lowest BCUT2D eigenvalue weighted by atomic mass is 9.98. The molecule has 0 atom stereocenters. The second-order valence-corrected chi connectivity index (χ2v) is 5.44. The van der Waals surface area contributed by atoms with E-state index < -0.39 is 0 Å². The van der Waals surface area contributed by atoms with Crippen molar-refractivity contribution in [1.82, 2.24) is 4.90 Å². The van der Waals surface area contributed by atoms with Gasteiger partial charge in [0.2, 0.25) is 0 Å². The van der Waals surface area contributed by atoms with Crippen LogP contribution >= 0.6 is 0 Å². The monoisotopic (exact) mass is 306 g/mol. The van der Waals surface area contributed by atoms with Gasteiger partial charge in [0.25, 0.3) is 0 Å². The SMILES string of the molecule is O=C(C1=CN(C(=O)Nc2ccccc2)CCC1)c1ccccc1. The van der Waals surface area contributed by atoms with Crippen LogP contribution in [0, 0.1) is 0 Å². The molecular formula is C19H18N2O2. The van der Waals surface area contributed by atoms with Crippen molar-refractivity contribution in [3.05, 3.63) is 78.0 Å². The summed E-state index contributed by atoms with van der Waals surface area (Å²) in [5.41, 5.74) is 2.07. The first-order valence-corrected chi connectivity index (χ1v) is 7.67. The molecule has 0 fully saturated rings. The number of ketones is 1. The van der Waals surface area contributed by atoms with Crippen molar-refractivity contribution >= 4 is 17.5 Å². The summed E-state index contributed by atoms with van der Waals surface area (Å²) in [7, 11) is 0. The number of allylic oxidation sites excluding steroid dienone is 1. The van der Waals surface area contributed by atoms with E-state index in [0.717, 1.165) is 12.1 Å². The van der Waals surface area contributed by atoms with E-state index in [-0.39, 0.29) is 11.8 Å². The van der Waals surface area contributed by atoms with Gasteiger partial charge >= 0.3 is 6.03 Å². The van der Waals surface area contributed by atoms with Crippen molar-refractivity contribution in [1.29, 1.82) is 0 Å². The van der Waals surface area contributed by atoms with Crippen molar-refractivity contribution in [2.45, 2.75) is 12.8 Å². The molecule has 1 N–H and O–H groups in total. The van der Waals surface area contributed by atoms with Gasteiger partial charge in [-0.15, -0.1) is 0 Å². The molecule has 1 aliphatic rings. The van der Waals surface area contributed by atoms with Gasteiger partial charge in [-0.25, -0.2) is 4.79 Å². The second-order valence-electron chi connectivity index (χ2n) is 5.44. The average molecular weight is 306 g/mol. The Morgan fingerprint density at radius 2 is 1.57 bits per heavy atom. The third kappa shape index (κ3) is 3.66. The minimum Gasteiger partial charge on any atom is -0.308 e. The number of para-hydroxylation sites is 1. The Morgan fingerprint density at radius 3 is 2.26 bits per heavy atom. The maximum Gasteiger partial charge on any atom is 0.325 e. The van der Waals surface area contributed by atoms with Crippen molar-refractivity contribution in [2.75, 3.05) is 11.9 Å². The highest BCUT2D eigenvalue weighted by Gasteiger charge is 2.21. The first-order chi connectivity index (χ1) is 11.2. The number of hydrogen-bond donors (Lipinski definition) is 1. The molecule has 1 aliphatic heterocycles. The summed E-state index contributed by atoms with van der Waals surface area (Å²) in [4.78, 5) is 26.4. The Balaban J connectivity index is 1.74. The van der Waals surface area contributed by atoms with Crippen LogP contribution in [0.1, 0.15) is 23.2 Å². The van der Waals surface area contributed by atoms with Gasteiger partial charge in [-0.05, 0) is 25.0 Å². The molecule has 0 aromatic heterocycles. The lowest BCUT2D eigenvalue weighted by Gasteiger charge is -2.25. The minimum absolute atomic E-state index is 0.0113. The van der Waals surface area contributed by atoms with Crippen LogP contribution in [0.4, 0.5) is 10.5 Å². The van der Waals surface area contributed by atoms with E-state index in [1.807, 2.05) is 48.5 Å². The Labute approximate surface area is 135 Å². The second kappa shape index (κ2) is 6.92. The number of nitrogens with zero attached hydrogens (tertiary/aromatic N) is 1. The molecule has 0 spiro atoms. The zero-order valence-electron chi connectivity index (χ0n) is 12.7. The molecule has 0 saturated heterocycles. The molecule has 4 heteroatoms. The minimum atomic E-state index is -0.214. The molecule has 0 radical (unpaired) electrons. The number of amides is 2. The Hall–Kier alpha value is -2.88. The zero-order valence-corrected chi connectivity index (χ0v) is 12.7. The summed E-state index contributed by atoms with van der Waals surface area (Å²) in [5.74, 6) is -0.0113. The largest absolute Gasteiger partial charge is 0.325 e. The van der Waals surface area contributed by atoms with Crippen molar-refractivity contribution in [3.63, 3.8) is 0 Å². The van der Waals surface area contributed by atoms with Crippen LogP contribution in [-0.2, 0) is 0 Å². The third-order valence-electron chi connectivity index (χ3n) is 3.77. The fraction of sp³-hybridized carbons (Fsp3) is 0.158. The van der Waals surface area contributed by atoms with E-state index in [0.29, 0.717) is 24.1 Å². The van der Waals surface area contributed by atoms with Gasteiger partial charge in [0, 0.05) is 29.6 Å². The molecular weight excluding hydrogens is 288 g/mol. The summed E-state index contributed by atoms with van der Waals surface area (Å²) in [5, 5.41) is 2.84. The van der Waals surface area contributed by atoms with Crippen LogP contribution in [0.5, 0.6) is 0 Å². The summed E-state index contributed by atoms with van der Waals surface area (Å²) in [6.45, 7) is 0.615. The number of carbonyl (C=O) groups excluding carboxylic acids is 2. The average Bonchev–Trinajstić information content (AvgIpc) is 2.63. The number of nitrogens with one attached hydrogen (secondary N) is 1. The number of anilines is 1. The topological polar surface area (TPSA) is 49.4 Å². The van der Waals surface area contributed by atoms with E-state index in [4.69, 9.17) is 0 Å². The fourth-order valence-electron chi connectivity index (χ4n) is 2.58. The summed E-state index contributed by atoms with van der Waals surface area (Å²) < 4.78 is 0. The highest BCUT2D eigenvalue weighted by Crippen LogP contribution is 2.20. The lowest BCUT2D eigenvalue weighted by molar-refractivity contribution is 0.102. The van der Waals surface area contributed by atoms with Gasteiger partial charge in [-0.1, -0.05) is 48.5 Å². The number of rotatable bonds is 3. The van der Waals surface area contributed by atoms with Crippen molar-refractivity contribution in [2.24, 2.45) is 0 Å². The van der Waals surface area contributed by atoms with E-state index >= 15 is 0 Å². The molecule has 4 nitrogen and oxygen atoms in total. The highest BCUT2D eigenvalue weighted by molar-refractivity contribution is 6.09. The van der Waals surface area contributed by atoms with E-state index in [2.05, 4.69) is 5.32 Å². The molecule has 2 aromatic carbocycles. The maximum atomic E-state index is 12.5. The predicted molar refractivity (Wildman–Crippen MR) is 90.3 cm³/mol. The molecule has 1 heterocycles.